The van der Waals surface area contributed by atoms with E-state index >= 15 is 0 Å². The summed E-state index contributed by atoms with van der Waals surface area (Å²) in [6, 6.07) is 32.3. The van der Waals surface area contributed by atoms with Crippen molar-refractivity contribution in [3.05, 3.63) is 113 Å². The predicted octanol–water partition coefficient (Wildman–Crippen LogP) is 6.73. The molecule has 4 nitrogen and oxygen atoms in total. The molecule has 2 heterocycles. The molecule has 152 valence electrons. The Labute approximate surface area is 190 Å². The summed E-state index contributed by atoms with van der Waals surface area (Å²) in [7, 11) is 0. The van der Waals surface area contributed by atoms with E-state index in [1.807, 2.05) is 113 Å². The van der Waals surface area contributed by atoms with Gasteiger partial charge in [-0.15, -0.1) is 11.3 Å². The molecule has 0 N–H and O–H groups in total. The molecule has 0 atom stereocenters. The van der Waals surface area contributed by atoms with Gasteiger partial charge in [0.15, 0.2) is 0 Å². The van der Waals surface area contributed by atoms with Gasteiger partial charge >= 0.3 is 0 Å². The summed E-state index contributed by atoms with van der Waals surface area (Å²) in [5.74, 6) is 0. The van der Waals surface area contributed by atoms with Crippen LogP contribution in [0.4, 0.5) is 0 Å². The SMILES string of the molecule is N#C/C(=C\c1cn(-c2ccccc2)nc1-c1ccccc1)c1nc(-c2ccccc2)cs1. The molecular formula is C27H18N4S. The fourth-order valence-electron chi connectivity index (χ4n) is 3.46. The topological polar surface area (TPSA) is 54.5 Å². The third-order valence-electron chi connectivity index (χ3n) is 5.03. The first-order chi connectivity index (χ1) is 15.8. The van der Waals surface area contributed by atoms with E-state index in [2.05, 4.69) is 6.07 Å². The van der Waals surface area contributed by atoms with Crippen LogP contribution in [0, 0.1) is 11.3 Å². The second-order valence-corrected chi connectivity index (χ2v) is 8.01. The molecule has 5 rings (SSSR count). The van der Waals surface area contributed by atoms with Gasteiger partial charge in [-0.1, -0.05) is 78.9 Å². The van der Waals surface area contributed by atoms with Crippen molar-refractivity contribution in [1.82, 2.24) is 14.8 Å². The summed E-state index contributed by atoms with van der Waals surface area (Å²) < 4.78 is 1.85. The van der Waals surface area contributed by atoms with Gasteiger partial charge in [0, 0.05) is 28.3 Å². The van der Waals surface area contributed by atoms with Gasteiger partial charge in [-0.2, -0.15) is 10.4 Å². The number of hydrogen-bond acceptors (Lipinski definition) is 4. The molecule has 0 aliphatic rings. The van der Waals surface area contributed by atoms with Gasteiger partial charge in [0.1, 0.15) is 11.1 Å². The van der Waals surface area contributed by atoms with Gasteiger partial charge in [-0.25, -0.2) is 9.67 Å². The van der Waals surface area contributed by atoms with Crippen molar-refractivity contribution in [3.63, 3.8) is 0 Å². The van der Waals surface area contributed by atoms with Crippen molar-refractivity contribution in [2.75, 3.05) is 0 Å². The van der Waals surface area contributed by atoms with Gasteiger partial charge in [-0.3, -0.25) is 0 Å². The van der Waals surface area contributed by atoms with E-state index < -0.39 is 0 Å². The third kappa shape index (κ3) is 4.00. The second kappa shape index (κ2) is 8.84. The highest BCUT2D eigenvalue weighted by Gasteiger charge is 2.14. The van der Waals surface area contributed by atoms with Crippen LogP contribution in [0.5, 0.6) is 0 Å². The number of hydrogen-bond donors (Lipinski definition) is 0. The summed E-state index contributed by atoms with van der Waals surface area (Å²) in [6.07, 6.45) is 3.84. The Balaban J connectivity index is 1.59. The fourth-order valence-corrected chi connectivity index (χ4v) is 4.26. The molecule has 2 aromatic heterocycles. The highest BCUT2D eigenvalue weighted by Crippen LogP contribution is 2.30. The lowest BCUT2D eigenvalue weighted by Crippen LogP contribution is -1.93. The average molecular weight is 431 g/mol. The summed E-state index contributed by atoms with van der Waals surface area (Å²) in [5.41, 5.74) is 6.07. The van der Waals surface area contributed by atoms with Gasteiger partial charge in [0.2, 0.25) is 0 Å². The molecule has 5 heteroatoms. The Bertz CT molecular complexity index is 1410. The average Bonchev–Trinajstić information content (AvgIpc) is 3.52. The van der Waals surface area contributed by atoms with Crippen LogP contribution in [0.25, 0.3) is 39.9 Å². The molecule has 0 amide bonds. The third-order valence-corrected chi connectivity index (χ3v) is 5.91. The monoisotopic (exact) mass is 430 g/mol. The van der Waals surface area contributed by atoms with Gasteiger partial charge in [0.05, 0.1) is 22.6 Å². The van der Waals surface area contributed by atoms with Crippen molar-refractivity contribution >= 4 is 23.0 Å². The van der Waals surface area contributed by atoms with Crippen molar-refractivity contribution < 1.29 is 0 Å². The molecule has 3 aromatic carbocycles. The summed E-state index contributed by atoms with van der Waals surface area (Å²) in [6.45, 7) is 0. The summed E-state index contributed by atoms with van der Waals surface area (Å²) in [5, 5.41) is 17.4. The molecule has 0 spiro atoms. The van der Waals surface area contributed by atoms with Crippen LogP contribution in [-0.2, 0) is 0 Å². The highest BCUT2D eigenvalue weighted by atomic mass is 32.1. The van der Waals surface area contributed by atoms with E-state index in [1.54, 1.807) is 0 Å². The molecule has 0 saturated carbocycles. The Hall–Kier alpha value is -4.27. The van der Waals surface area contributed by atoms with Crippen LogP contribution in [0.15, 0.2) is 103 Å². The Kier molecular flexibility index (Phi) is 5.44. The van der Waals surface area contributed by atoms with Crippen LogP contribution >= 0.6 is 11.3 Å². The first-order valence-corrected chi connectivity index (χ1v) is 11.0. The maximum Gasteiger partial charge on any atom is 0.134 e. The molecular weight excluding hydrogens is 412 g/mol. The number of aromatic nitrogens is 3. The normalized spacial score (nSPS) is 11.3. The number of thiazole rings is 1. The Morgan fingerprint density at radius 3 is 2.12 bits per heavy atom. The standard InChI is InChI=1S/C27H18N4S/c28-17-22(27-29-25(19-32-27)20-10-4-1-5-11-20)16-23-18-31(24-14-8-3-9-15-24)30-26(23)21-12-6-2-7-13-21/h1-16,18-19H/b22-16+. The highest BCUT2D eigenvalue weighted by molar-refractivity contribution is 7.11. The van der Waals surface area contributed by atoms with Crippen LogP contribution in [0.2, 0.25) is 0 Å². The lowest BCUT2D eigenvalue weighted by atomic mass is 10.1. The smallest absolute Gasteiger partial charge is 0.134 e. The van der Waals surface area contributed by atoms with Crippen molar-refractivity contribution in [1.29, 1.82) is 5.26 Å². The molecule has 0 saturated heterocycles. The molecule has 0 bridgehead atoms. The molecule has 0 aliphatic heterocycles. The van der Waals surface area contributed by atoms with Gasteiger partial charge in [-0.05, 0) is 18.2 Å². The van der Waals surface area contributed by atoms with E-state index in [4.69, 9.17) is 10.1 Å². The van der Waals surface area contributed by atoms with Crippen LogP contribution in [0.1, 0.15) is 10.6 Å². The molecule has 0 fully saturated rings. The van der Waals surface area contributed by atoms with Crippen LogP contribution in [0.3, 0.4) is 0 Å². The molecule has 32 heavy (non-hydrogen) atoms. The van der Waals surface area contributed by atoms with Crippen molar-refractivity contribution in [2.24, 2.45) is 0 Å². The lowest BCUT2D eigenvalue weighted by molar-refractivity contribution is 0.884. The number of para-hydroxylation sites is 1. The first-order valence-electron chi connectivity index (χ1n) is 10.2. The summed E-state index contributed by atoms with van der Waals surface area (Å²) >= 11 is 1.47. The van der Waals surface area contributed by atoms with E-state index in [0.29, 0.717) is 10.6 Å². The Morgan fingerprint density at radius 2 is 1.47 bits per heavy atom. The zero-order valence-electron chi connectivity index (χ0n) is 17.1. The largest absolute Gasteiger partial charge is 0.240 e. The quantitative estimate of drug-likeness (QED) is 0.291. The second-order valence-electron chi connectivity index (χ2n) is 7.15. The van der Waals surface area contributed by atoms with Crippen molar-refractivity contribution in [2.45, 2.75) is 0 Å². The maximum atomic E-state index is 9.93. The molecule has 0 radical (unpaired) electrons. The number of benzene rings is 3. The van der Waals surface area contributed by atoms with Crippen molar-refractivity contribution in [3.8, 4) is 34.3 Å². The van der Waals surface area contributed by atoms with E-state index in [1.165, 1.54) is 11.3 Å². The van der Waals surface area contributed by atoms with E-state index in [9.17, 15) is 5.26 Å². The minimum absolute atomic E-state index is 0.516. The number of allylic oxidation sites excluding steroid dienone is 1. The minimum Gasteiger partial charge on any atom is -0.240 e. The van der Waals surface area contributed by atoms with Crippen LogP contribution < -0.4 is 0 Å². The number of rotatable bonds is 5. The predicted molar refractivity (Wildman–Crippen MR) is 130 cm³/mol. The zero-order valence-corrected chi connectivity index (χ0v) is 17.9. The zero-order chi connectivity index (χ0) is 21.8. The summed E-state index contributed by atoms with van der Waals surface area (Å²) in [4.78, 5) is 4.72. The van der Waals surface area contributed by atoms with E-state index in [-0.39, 0.29) is 0 Å². The minimum atomic E-state index is 0.516. The number of nitrogens with zero attached hydrogens (tertiary/aromatic N) is 4. The maximum absolute atomic E-state index is 9.93. The lowest BCUT2D eigenvalue weighted by Gasteiger charge is -2.00. The molecule has 0 unspecified atom stereocenters. The van der Waals surface area contributed by atoms with E-state index in [0.717, 1.165) is 33.8 Å². The fraction of sp³-hybridized carbons (Fsp3) is 0. The Morgan fingerprint density at radius 1 is 0.844 bits per heavy atom. The van der Waals surface area contributed by atoms with Crippen LogP contribution in [-0.4, -0.2) is 14.8 Å². The first kappa shape index (κ1) is 19.7. The van der Waals surface area contributed by atoms with Gasteiger partial charge in [0.25, 0.3) is 0 Å². The number of nitriles is 1. The van der Waals surface area contributed by atoms with Gasteiger partial charge < -0.3 is 0 Å². The molecule has 5 aromatic rings. The molecule has 0 aliphatic carbocycles.